The maximum Gasteiger partial charge on any atom is 0.410 e. The van der Waals surface area contributed by atoms with E-state index in [0.717, 1.165) is 0 Å². The third-order valence-electron chi connectivity index (χ3n) is 2.08. The Morgan fingerprint density at radius 3 is 2.30 bits per heavy atom. The second-order valence-electron chi connectivity index (χ2n) is 5.38. The van der Waals surface area contributed by atoms with Gasteiger partial charge in [0.15, 0.2) is 5.78 Å². The lowest BCUT2D eigenvalue weighted by Gasteiger charge is -2.24. The molecule has 0 saturated carbocycles. The van der Waals surface area contributed by atoms with Crippen molar-refractivity contribution in [2.75, 3.05) is 33.8 Å². The molecule has 0 aromatic carbocycles. The van der Waals surface area contributed by atoms with Crippen LogP contribution in [0.15, 0.2) is 0 Å². The van der Waals surface area contributed by atoms with E-state index in [9.17, 15) is 14.4 Å². The van der Waals surface area contributed by atoms with Gasteiger partial charge in [0, 0.05) is 13.5 Å². The SMILES string of the molecule is CNCC(=O)OCCC(=O)CN(C)C(=O)OC(C)(C)C. The van der Waals surface area contributed by atoms with Crippen LogP contribution in [-0.4, -0.2) is 62.1 Å². The third-order valence-corrected chi connectivity index (χ3v) is 2.08. The molecule has 0 aliphatic rings. The number of hydrogen-bond acceptors (Lipinski definition) is 6. The molecule has 0 unspecified atom stereocenters. The molecule has 7 heteroatoms. The zero-order valence-electron chi connectivity index (χ0n) is 12.8. The van der Waals surface area contributed by atoms with Gasteiger partial charge in [-0.3, -0.25) is 9.59 Å². The molecule has 1 N–H and O–H groups in total. The number of nitrogens with one attached hydrogen (secondary N) is 1. The molecule has 0 radical (unpaired) electrons. The molecule has 0 fully saturated rings. The Kier molecular flexibility index (Phi) is 7.83. The van der Waals surface area contributed by atoms with Crippen molar-refractivity contribution in [1.82, 2.24) is 10.2 Å². The first-order valence-electron chi connectivity index (χ1n) is 6.41. The molecule has 0 bridgehead atoms. The summed E-state index contributed by atoms with van der Waals surface area (Å²) in [5, 5.41) is 2.65. The van der Waals surface area contributed by atoms with Crippen molar-refractivity contribution in [1.29, 1.82) is 0 Å². The largest absolute Gasteiger partial charge is 0.464 e. The Hall–Kier alpha value is -1.63. The lowest BCUT2D eigenvalue weighted by molar-refractivity contribution is -0.143. The van der Waals surface area contributed by atoms with E-state index in [4.69, 9.17) is 9.47 Å². The number of carbonyl (C=O) groups is 3. The minimum atomic E-state index is -0.600. The fourth-order valence-electron chi connectivity index (χ4n) is 1.22. The summed E-state index contributed by atoms with van der Waals surface area (Å²) < 4.78 is 9.93. The van der Waals surface area contributed by atoms with Crippen molar-refractivity contribution in [3.05, 3.63) is 0 Å². The molecule has 0 spiro atoms. The highest BCUT2D eigenvalue weighted by Gasteiger charge is 2.21. The molecule has 116 valence electrons. The summed E-state index contributed by atoms with van der Waals surface area (Å²) in [5.74, 6) is -0.614. The highest BCUT2D eigenvalue weighted by Crippen LogP contribution is 2.09. The first-order chi connectivity index (χ1) is 9.15. The van der Waals surface area contributed by atoms with Crippen molar-refractivity contribution < 1.29 is 23.9 Å². The quantitative estimate of drug-likeness (QED) is 0.690. The normalized spacial score (nSPS) is 10.8. The van der Waals surface area contributed by atoms with E-state index < -0.39 is 17.7 Å². The Morgan fingerprint density at radius 1 is 1.20 bits per heavy atom. The summed E-state index contributed by atoms with van der Waals surface area (Å²) in [6.45, 7) is 5.30. The van der Waals surface area contributed by atoms with E-state index in [1.807, 2.05) is 0 Å². The Bertz CT molecular complexity index is 349. The van der Waals surface area contributed by atoms with Crippen LogP contribution in [0.4, 0.5) is 4.79 Å². The van der Waals surface area contributed by atoms with Crippen molar-refractivity contribution in [2.45, 2.75) is 32.8 Å². The van der Waals surface area contributed by atoms with Gasteiger partial charge in [-0.2, -0.15) is 0 Å². The fraction of sp³-hybridized carbons (Fsp3) is 0.769. The molecule has 0 saturated heterocycles. The topological polar surface area (TPSA) is 84.9 Å². The molecule has 1 amide bonds. The second kappa shape index (κ2) is 8.52. The summed E-state index contributed by atoms with van der Waals surface area (Å²) in [6, 6.07) is 0. The molecule has 7 nitrogen and oxygen atoms in total. The van der Waals surface area contributed by atoms with Crippen LogP contribution in [0, 0.1) is 0 Å². The summed E-state index contributed by atoms with van der Waals surface area (Å²) >= 11 is 0. The standard InChI is InChI=1S/C13H24N2O5/c1-13(2,3)20-12(18)15(5)9-10(16)6-7-19-11(17)8-14-4/h14H,6-9H2,1-5H3. The van der Waals surface area contributed by atoms with Crippen LogP contribution in [0.2, 0.25) is 0 Å². The number of esters is 1. The van der Waals surface area contributed by atoms with Crippen LogP contribution < -0.4 is 5.32 Å². The predicted molar refractivity (Wildman–Crippen MR) is 73.4 cm³/mol. The number of rotatable bonds is 7. The zero-order valence-corrected chi connectivity index (χ0v) is 12.8. The Balaban J connectivity index is 3.96. The predicted octanol–water partition coefficient (Wildman–Crippen LogP) is 0.575. The van der Waals surface area contributed by atoms with Crippen molar-refractivity contribution in [3.63, 3.8) is 0 Å². The first-order valence-corrected chi connectivity index (χ1v) is 6.41. The molecule has 0 aromatic rings. The van der Waals surface area contributed by atoms with Crippen LogP contribution in [0.3, 0.4) is 0 Å². The highest BCUT2D eigenvalue weighted by molar-refractivity contribution is 5.84. The van der Waals surface area contributed by atoms with Crippen LogP contribution in [-0.2, 0) is 19.1 Å². The number of hydrogen-bond donors (Lipinski definition) is 1. The van der Waals surface area contributed by atoms with E-state index in [1.54, 1.807) is 27.8 Å². The highest BCUT2D eigenvalue weighted by atomic mass is 16.6. The van der Waals surface area contributed by atoms with Crippen molar-refractivity contribution in [3.8, 4) is 0 Å². The van der Waals surface area contributed by atoms with Crippen LogP contribution in [0.25, 0.3) is 0 Å². The van der Waals surface area contributed by atoms with Crippen molar-refractivity contribution >= 4 is 17.8 Å². The Morgan fingerprint density at radius 2 is 1.80 bits per heavy atom. The number of carbonyl (C=O) groups excluding carboxylic acids is 3. The molecule has 0 aromatic heterocycles. The van der Waals surface area contributed by atoms with Gasteiger partial charge in [-0.05, 0) is 27.8 Å². The number of nitrogens with zero attached hydrogens (tertiary/aromatic N) is 1. The number of ketones is 1. The summed E-state index contributed by atoms with van der Waals surface area (Å²) in [6.07, 6.45) is -0.485. The van der Waals surface area contributed by atoms with Gasteiger partial charge in [0.25, 0.3) is 0 Å². The van der Waals surface area contributed by atoms with E-state index in [-0.39, 0.29) is 31.9 Å². The van der Waals surface area contributed by atoms with E-state index >= 15 is 0 Å². The van der Waals surface area contributed by atoms with Gasteiger partial charge in [0.05, 0.1) is 19.7 Å². The maximum atomic E-state index is 11.6. The number of Topliss-reactive ketones (excluding diaryl/α,β-unsaturated/α-hetero) is 1. The minimum Gasteiger partial charge on any atom is -0.464 e. The third kappa shape index (κ3) is 9.32. The van der Waals surface area contributed by atoms with Gasteiger partial charge in [-0.25, -0.2) is 4.79 Å². The number of amides is 1. The molecule has 0 aliphatic carbocycles. The Labute approximate surface area is 119 Å². The van der Waals surface area contributed by atoms with Crippen LogP contribution in [0.5, 0.6) is 0 Å². The molecule has 0 heterocycles. The van der Waals surface area contributed by atoms with Crippen molar-refractivity contribution in [2.24, 2.45) is 0 Å². The summed E-state index contributed by atoms with van der Waals surface area (Å²) in [4.78, 5) is 35.5. The lowest BCUT2D eigenvalue weighted by Crippen LogP contribution is -2.37. The van der Waals surface area contributed by atoms with Gasteiger partial charge in [0.1, 0.15) is 5.60 Å². The van der Waals surface area contributed by atoms with Gasteiger partial charge in [-0.1, -0.05) is 0 Å². The summed E-state index contributed by atoms with van der Waals surface area (Å²) in [7, 11) is 3.11. The van der Waals surface area contributed by atoms with E-state index in [0.29, 0.717) is 0 Å². The van der Waals surface area contributed by atoms with E-state index in [1.165, 1.54) is 11.9 Å². The van der Waals surface area contributed by atoms with Gasteiger partial charge >= 0.3 is 12.1 Å². The first kappa shape index (κ1) is 18.4. The second-order valence-corrected chi connectivity index (χ2v) is 5.38. The molecule has 0 aliphatic heterocycles. The zero-order chi connectivity index (χ0) is 15.8. The van der Waals surface area contributed by atoms with Crippen LogP contribution >= 0.6 is 0 Å². The molecular weight excluding hydrogens is 264 g/mol. The number of ether oxygens (including phenoxy) is 2. The average molecular weight is 288 g/mol. The van der Waals surface area contributed by atoms with Gasteiger partial charge in [-0.15, -0.1) is 0 Å². The fourth-order valence-corrected chi connectivity index (χ4v) is 1.22. The molecule has 20 heavy (non-hydrogen) atoms. The van der Waals surface area contributed by atoms with Gasteiger partial charge < -0.3 is 19.7 Å². The van der Waals surface area contributed by atoms with Gasteiger partial charge in [0.2, 0.25) is 0 Å². The average Bonchev–Trinajstić information content (AvgIpc) is 2.26. The molecular formula is C13H24N2O5. The minimum absolute atomic E-state index is 0.0154. The smallest absolute Gasteiger partial charge is 0.410 e. The lowest BCUT2D eigenvalue weighted by atomic mass is 10.2. The molecule has 0 rings (SSSR count). The monoisotopic (exact) mass is 288 g/mol. The van der Waals surface area contributed by atoms with Crippen LogP contribution in [0.1, 0.15) is 27.2 Å². The summed E-state index contributed by atoms with van der Waals surface area (Å²) in [5.41, 5.74) is -0.600. The number of likely N-dealkylation sites (N-methyl/N-ethyl adjacent to an activating group) is 2. The molecule has 0 atom stereocenters. The maximum absolute atomic E-state index is 11.6. The van der Waals surface area contributed by atoms with E-state index in [2.05, 4.69) is 5.32 Å².